The Morgan fingerprint density at radius 1 is 1.13 bits per heavy atom. The summed E-state index contributed by atoms with van der Waals surface area (Å²) >= 11 is 5.85. The van der Waals surface area contributed by atoms with Gasteiger partial charge in [0.05, 0.1) is 12.2 Å². The number of hydrogen-bond acceptors (Lipinski definition) is 3. The molecule has 0 radical (unpaired) electrons. The number of hydrogen-bond donors (Lipinski definition) is 1. The molecule has 1 N–H and O–H groups in total. The van der Waals surface area contributed by atoms with E-state index in [0.29, 0.717) is 27.7 Å². The van der Waals surface area contributed by atoms with Crippen LogP contribution in [0.15, 0.2) is 72.8 Å². The van der Waals surface area contributed by atoms with E-state index in [1.54, 1.807) is 66.7 Å². The highest BCUT2D eigenvalue weighted by Crippen LogP contribution is 2.35. The zero-order valence-corrected chi connectivity index (χ0v) is 17.1. The fourth-order valence-corrected chi connectivity index (χ4v) is 3.31. The predicted molar refractivity (Wildman–Crippen MR) is 119 cm³/mol. The molecule has 0 saturated heterocycles. The number of carbonyl (C=O) groups is 2. The number of rotatable bonds is 5. The van der Waals surface area contributed by atoms with Crippen LogP contribution in [0.3, 0.4) is 0 Å². The number of carbonyl (C=O) groups excluding carboxylic acids is 2. The Morgan fingerprint density at radius 3 is 2.68 bits per heavy atom. The maximum absolute atomic E-state index is 14.0. The molecule has 1 heterocycles. The average Bonchev–Trinajstić information content (AvgIpc) is 2.77. The topological polar surface area (TPSA) is 58.6 Å². The molecule has 156 valence electrons. The first-order chi connectivity index (χ1) is 15.0. The molecule has 7 heteroatoms. The molecule has 1 aliphatic rings. The van der Waals surface area contributed by atoms with Gasteiger partial charge in [0.25, 0.3) is 5.91 Å². The van der Waals surface area contributed by atoms with Crippen LogP contribution in [-0.2, 0) is 16.1 Å². The van der Waals surface area contributed by atoms with Gasteiger partial charge in [-0.2, -0.15) is 0 Å². The van der Waals surface area contributed by atoms with Gasteiger partial charge < -0.3 is 15.0 Å². The molecule has 0 aliphatic carbocycles. The molecule has 31 heavy (non-hydrogen) atoms. The van der Waals surface area contributed by atoms with E-state index in [9.17, 15) is 14.0 Å². The van der Waals surface area contributed by atoms with Crippen molar-refractivity contribution in [2.24, 2.45) is 0 Å². The molecule has 0 bridgehead atoms. The van der Waals surface area contributed by atoms with Gasteiger partial charge in [0.1, 0.15) is 11.6 Å². The van der Waals surface area contributed by atoms with Gasteiger partial charge in [-0.05, 0) is 42.0 Å². The van der Waals surface area contributed by atoms with Crippen molar-refractivity contribution in [2.75, 3.05) is 16.8 Å². The van der Waals surface area contributed by atoms with E-state index < -0.39 is 0 Å². The number of fused-ring (bicyclic) bond motifs is 1. The van der Waals surface area contributed by atoms with Gasteiger partial charge in [-0.1, -0.05) is 41.9 Å². The van der Waals surface area contributed by atoms with Crippen LogP contribution in [0.1, 0.15) is 11.1 Å². The molecule has 5 nitrogen and oxygen atoms in total. The van der Waals surface area contributed by atoms with Crippen molar-refractivity contribution in [1.82, 2.24) is 0 Å². The Kier molecular flexibility index (Phi) is 6.00. The van der Waals surface area contributed by atoms with Crippen LogP contribution in [0.2, 0.25) is 5.02 Å². The van der Waals surface area contributed by atoms with Crippen LogP contribution >= 0.6 is 11.6 Å². The van der Waals surface area contributed by atoms with Crippen LogP contribution in [-0.4, -0.2) is 18.4 Å². The average molecular weight is 437 g/mol. The molecular weight excluding hydrogens is 419 g/mol. The summed E-state index contributed by atoms with van der Waals surface area (Å²) in [5, 5.41) is 3.39. The van der Waals surface area contributed by atoms with E-state index in [1.165, 1.54) is 17.0 Å². The fourth-order valence-electron chi connectivity index (χ4n) is 3.18. The molecule has 0 unspecified atom stereocenters. The molecule has 0 saturated carbocycles. The number of anilines is 2. The number of halogens is 2. The van der Waals surface area contributed by atoms with Gasteiger partial charge in [0, 0.05) is 28.4 Å². The maximum atomic E-state index is 14.0. The van der Waals surface area contributed by atoms with Crippen molar-refractivity contribution >= 4 is 40.9 Å². The largest absolute Gasteiger partial charge is 0.481 e. The number of amides is 2. The molecule has 4 rings (SSSR count). The van der Waals surface area contributed by atoms with E-state index in [1.807, 2.05) is 0 Å². The molecule has 3 aromatic carbocycles. The van der Waals surface area contributed by atoms with Gasteiger partial charge in [0.15, 0.2) is 6.61 Å². The molecule has 3 aromatic rings. The lowest BCUT2D eigenvalue weighted by atomic mass is 10.1. The second-order valence-electron chi connectivity index (χ2n) is 6.92. The van der Waals surface area contributed by atoms with Gasteiger partial charge in [0.2, 0.25) is 5.91 Å². The minimum absolute atomic E-state index is 0.0946. The summed E-state index contributed by atoms with van der Waals surface area (Å²) in [5.41, 5.74) is 2.29. The SMILES string of the molecule is O=C(/C=C/c1ccc(Cl)cc1)Nc1ccc2c(c1)OCC(=O)N2Cc1ccccc1F. The molecule has 0 spiro atoms. The Bertz CT molecular complexity index is 1160. The van der Waals surface area contributed by atoms with Crippen LogP contribution in [0.4, 0.5) is 15.8 Å². The maximum Gasteiger partial charge on any atom is 0.265 e. The first-order valence-electron chi connectivity index (χ1n) is 9.55. The van der Waals surface area contributed by atoms with Crippen molar-refractivity contribution in [3.8, 4) is 5.75 Å². The highest BCUT2D eigenvalue weighted by atomic mass is 35.5. The first kappa shape index (κ1) is 20.6. The van der Waals surface area contributed by atoms with Gasteiger partial charge in [-0.3, -0.25) is 9.59 Å². The highest BCUT2D eigenvalue weighted by molar-refractivity contribution is 6.30. The summed E-state index contributed by atoms with van der Waals surface area (Å²) in [6.07, 6.45) is 3.09. The van der Waals surface area contributed by atoms with E-state index in [-0.39, 0.29) is 30.8 Å². The predicted octanol–water partition coefficient (Wildman–Crippen LogP) is 5.06. The van der Waals surface area contributed by atoms with Crippen molar-refractivity contribution in [3.63, 3.8) is 0 Å². The lowest BCUT2D eigenvalue weighted by molar-refractivity contribution is -0.121. The zero-order chi connectivity index (χ0) is 21.8. The van der Waals surface area contributed by atoms with Crippen molar-refractivity contribution < 1.29 is 18.7 Å². The monoisotopic (exact) mass is 436 g/mol. The Labute approximate surface area is 183 Å². The van der Waals surface area contributed by atoms with Crippen LogP contribution < -0.4 is 15.0 Å². The lowest BCUT2D eigenvalue weighted by Gasteiger charge is -2.30. The van der Waals surface area contributed by atoms with Gasteiger partial charge >= 0.3 is 0 Å². The number of nitrogens with zero attached hydrogens (tertiary/aromatic N) is 1. The summed E-state index contributed by atoms with van der Waals surface area (Å²) in [7, 11) is 0. The summed E-state index contributed by atoms with van der Waals surface area (Å²) in [6, 6.07) is 18.4. The molecular formula is C24H18ClFN2O3. The summed E-state index contributed by atoms with van der Waals surface area (Å²) < 4.78 is 19.6. The van der Waals surface area contributed by atoms with Gasteiger partial charge in [-0.15, -0.1) is 0 Å². The third-order valence-corrected chi connectivity index (χ3v) is 5.01. The second-order valence-corrected chi connectivity index (χ2v) is 7.35. The van der Waals surface area contributed by atoms with E-state index >= 15 is 0 Å². The second kappa shape index (κ2) is 9.02. The lowest BCUT2D eigenvalue weighted by Crippen LogP contribution is -2.38. The molecule has 1 aliphatic heterocycles. The third-order valence-electron chi connectivity index (χ3n) is 4.75. The smallest absolute Gasteiger partial charge is 0.265 e. The Balaban J connectivity index is 1.48. The van der Waals surface area contributed by atoms with E-state index in [0.717, 1.165) is 5.56 Å². The Hall–Kier alpha value is -3.64. The van der Waals surface area contributed by atoms with Crippen molar-refractivity contribution in [1.29, 1.82) is 0 Å². The zero-order valence-electron chi connectivity index (χ0n) is 16.3. The minimum atomic E-state index is -0.375. The Morgan fingerprint density at radius 2 is 1.90 bits per heavy atom. The summed E-state index contributed by atoms with van der Waals surface area (Å²) in [5.74, 6) is -0.515. The normalized spacial score (nSPS) is 13.1. The highest BCUT2D eigenvalue weighted by Gasteiger charge is 2.26. The van der Waals surface area contributed by atoms with Crippen molar-refractivity contribution in [2.45, 2.75) is 6.54 Å². The first-order valence-corrected chi connectivity index (χ1v) is 9.92. The van der Waals surface area contributed by atoms with Crippen molar-refractivity contribution in [3.05, 3.63) is 94.8 Å². The van der Waals surface area contributed by atoms with E-state index in [2.05, 4.69) is 5.32 Å². The minimum Gasteiger partial charge on any atom is -0.481 e. The molecule has 2 amide bonds. The standard InChI is InChI=1S/C24H18ClFN2O3/c25-18-8-5-16(6-9-18)7-12-23(29)27-19-10-11-21-22(13-19)31-15-24(30)28(21)14-17-3-1-2-4-20(17)26/h1-13H,14-15H2,(H,27,29)/b12-7+. The number of benzene rings is 3. The third kappa shape index (κ3) is 4.92. The van der Waals surface area contributed by atoms with Crippen LogP contribution in [0.25, 0.3) is 6.08 Å². The van der Waals surface area contributed by atoms with Crippen LogP contribution in [0, 0.1) is 5.82 Å². The summed E-state index contributed by atoms with van der Waals surface area (Å²) in [4.78, 5) is 26.1. The number of ether oxygens (including phenoxy) is 1. The molecule has 0 atom stereocenters. The van der Waals surface area contributed by atoms with E-state index in [4.69, 9.17) is 16.3 Å². The quantitative estimate of drug-likeness (QED) is 0.569. The number of nitrogens with one attached hydrogen (secondary N) is 1. The fraction of sp³-hybridized carbons (Fsp3) is 0.0833. The molecule has 0 fully saturated rings. The molecule has 0 aromatic heterocycles. The van der Waals surface area contributed by atoms with Gasteiger partial charge in [-0.25, -0.2) is 4.39 Å². The summed E-state index contributed by atoms with van der Waals surface area (Å²) in [6.45, 7) is -0.0628. The van der Waals surface area contributed by atoms with Crippen LogP contribution in [0.5, 0.6) is 5.75 Å².